The van der Waals surface area contributed by atoms with Crippen LogP contribution in [0.1, 0.15) is 105 Å². The number of carbonyl (C=O) groups excluding carboxylic acids is 2. The van der Waals surface area contributed by atoms with Crippen LogP contribution in [0, 0.1) is 11.3 Å². The number of rotatable bonds is 12. The molecule has 0 radical (unpaired) electrons. The third-order valence-electron chi connectivity index (χ3n) is 10.7. The fourth-order valence-corrected chi connectivity index (χ4v) is 8.48. The molecule has 3 aliphatic carbocycles. The number of ketones is 2. The summed E-state index contributed by atoms with van der Waals surface area (Å²) in [4.78, 5) is 33.0. The lowest BCUT2D eigenvalue weighted by molar-refractivity contribution is -0.0385. The van der Waals surface area contributed by atoms with Crippen molar-refractivity contribution in [1.82, 2.24) is 5.16 Å². The van der Waals surface area contributed by atoms with Crippen LogP contribution in [-0.2, 0) is 10.8 Å². The van der Waals surface area contributed by atoms with Crippen molar-refractivity contribution >= 4 is 25.6 Å². The van der Waals surface area contributed by atoms with Crippen molar-refractivity contribution in [3.63, 3.8) is 0 Å². The van der Waals surface area contributed by atoms with Crippen molar-refractivity contribution in [3.8, 4) is 11.6 Å². The summed E-state index contributed by atoms with van der Waals surface area (Å²) in [7, 11) is -2.91. The van der Waals surface area contributed by atoms with Crippen LogP contribution in [0.5, 0.6) is 11.6 Å². The van der Waals surface area contributed by atoms with E-state index in [1.54, 1.807) is 12.1 Å². The van der Waals surface area contributed by atoms with Crippen LogP contribution in [0.3, 0.4) is 0 Å². The summed E-state index contributed by atoms with van der Waals surface area (Å²) in [5.41, 5.74) is 20.7. The zero-order valence-electron chi connectivity index (χ0n) is 29.0. The van der Waals surface area contributed by atoms with Gasteiger partial charge < -0.3 is 35.0 Å². The van der Waals surface area contributed by atoms with Crippen molar-refractivity contribution < 1.29 is 33.1 Å². The van der Waals surface area contributed by atoms with Gasteiger partial charge in [-0.25, -0.2) is 0 Å². The van der Waals surface area contributed by atoms with Crippen LogP contribution in [-0.4, -0.2) is 55.5 Å². The van der Waals surface area contributed by atoms with Crippen LogP contribution in [0.4, 0.5) is 5.69 Å². The van der Waals surface area contributed by atoms with Crippen molar-refractivity contribution in [2.45, 2.75) is 103 Å². The Morgan fingerprint density at radius 1 is 1.15 bits per heavy atom. The zero-order chi connectivity index (χ0) is 35.2. The molecule has 0 amide bonds. The van der Waals surface area contributed by atoms with E-state index in [1.807, 2.05) is 47.7 Å². The predicted molar refractivity (Wildman–Crippen MR) is 183 cm³/mol. The molecule has 48 heavy (non-hydrogen) atoms. The average molecular weight is 681 g/mol. The minimum atomic E-state index is -2.91. The SMILES string of the molecule is CCCCOc1ccc(N)c2c1C(=O)C1=C(O)[C@]3(O[Si](C)(C)C(C)(C)C)C(=O)c4c(OCCCC)noc4[C@@H](N)[C@@H]3C[C@]1(CN=[N+]=[N-])C2. The lowest BCUT2D eigenvalue weighted by Crippen LogP contribution is -2.66. The molecule has 13 nitrogen and oxygen atoms in total. The number of nitrogens with zero attached hydrogens (tertiary/aromatic N) is 4. The lowest BCUT2D eigenvalue weighted by Gasteiger charge is -2.56. The third-order valence-corrected chi connectivity index (χ3v) is 15.1. The van der Waals surface area contributed by atoms with Crippen LogP contribution in [0.25, 0.3) is 10.4 Å². The number of carbonyl (C=O) groups is 2. The normalized spacial score (nSPS) is 25.1. The van der Waals surface area contributed by atoms with Crippen molar-refractivity contribution in [1.29, 1.82) is 0 Å². The van der Waals surface area contributed by atoms with E-state index >= 15 is 4.79 Å². The molecule has 4 atom stereocenters. The molecule has 0 unspecified atom stereocenters. The van der Waals surface area contributed by atoms with Crippen LogP contribution < -0.4 is 20.9 Å². The minimum Gasteiger partial charge on any atom is -0.508 e. The van der Waals surface area contributed by atoms with Crippen molar-refractivity contribution in [2.75, 3.05) is 25.5 Å². The van der Waals surface area contributed by atoms with E-state index in [9.17, 15) is 15.4 Å². The second-order valence-electron chi connectivity index (χ2n) is 14.8. The monoisotopic (exact) mass is 680 g/mol. The molecule has 14 heteroatoms. The van der Waals surface area contributed by atoms with Gasteiger partial charge in [0.05, 0.1) is 24.8 Å². The number of aromatic nitrogens is 1. The standard InChI is InChI=1S/C34H48N6O7Si/c1-8-10-14-44-22-13-12-21(35)19-16-33(18-38-40-37)17-20-26(36)28-24(31(39-46-28)45-15-11-9-2)29(42)34(20,47-48(6,7)32(3,4)5)30(43)25(33)27(41)23(19)22/h12-13,20,26,43H,8-11,14-18,35-36H2,1-7H3/t20-,26-,33-,34+/m0/s1. The quantitative estimate of drug-likeness (QED) is 0.0515. The van der Waals surface area contributed by atoms with E-state index in [0.29, 0.717) is 30.0 Å². The highest BCUT2D eigenvalue weighted by atomic mass is 28.4. The largest absolute Gasteiger partial charge is 0.508 e. The van der Waals surface area contributed by atoms with Gasteiger partial charge in [-0.05, 0) is 72.2 Å². The van der Waals surface area contributed by atoms with Gasteiger partial charge in [-0.15, -0.1) is 0 Å². The molecule has 2 aromatic rings. The maximum Gasteiger partial charge on any atom is 0.265 e. The summed E-state index contributed by atoms with van der Waals surface area (Å²) >= 11 is 0. The van der Waals surface area contributed by atoms with Gasteiger partial charge in [0.2, 0.25) is 5.78 Å². The molecule has 0 saturated heterocycles. The second kappa shape index (κ2) is 12.9. The summed E-state index contributed by atoms with van der Waals surface area (Å²) in [6.45, 7) is 14.5. The Hall–Kier alpha value is -3.84. The van der Waals surface area contributed by atoms with Gasteiger partial charge in [0, 0.05) is 34.0 Å². The molecule has 0 spiro atoms. The molecule has 5 rings (SSSR count). The highest BCUT2D eigenvalue weighted by Crippen LogP contribution is 2.62. The molecule has 0 fully saturated rings. The summed E-state index contributed by atoms with van der Waals surface area (Å²) in [5, 5.41) is 20.4. The number of hydrogen-bond donors (Lipinski definition) is 3. The molecule has 3 aliphatic rings. The van der Waals surface area contributed by atoms with Crippen LogP contribution in [0.15, 0.2) is 33.1 Å². The predicted octanol–water partition coefficient (Wildman–Crippen LogP) is 7.14. The van der Waals surface area contributed by atoms with Crippen LogP contribution >= 0.6 is 0 Å². The number of nitrogens with two attached hydrogens (primary N) is 2. The van der Waals surface area contributed by atoms with Gasteiger partial charge in [-0.3, -0.25) is 9.59 Å². The third kappa shape index (κ3) is 5.48. The Labute approximate surface area is 282 Å². The second-order valence-corrected chi connectivity index (χ2v) is 19.5. The lowest BCUT2D eigenvalue weighted by atomic mass is 9.52. The molecule has 260 valence electrons. The number of azide groups is 1. The minimum absolute atomic E-state index is 0.000232. The number of unbranched alkanes of at least 4 members (excludes halogenated alkanes) is 2. The summed E-state index contributed by atoms with van der Waals surface area (Å²) in [5.74, 6) is -2.24. The Kier molecular flexibility index (Phi) is 9.52. The van der Waals surface area contributed by atoms with Crippen LogP contribution in [0.2, 0.25) is 18.1 Å². The van der Waals surface area contributed by atoms with Gasteiger partial charge in [-0.1, -0.05) is 52.6 Å². The molecular weight excluding hydrogens is 632 g/mol. The van der Waals surface area contributed by atoms with Gasteiger partial charge in [-0.2, -0.15) is 0 Å². The van der Waals surface area contributed by atoms with E-state index < -0.39 is 53.7 Å². The fourth-order valence-electron chi connectivity index (χ4n) is 7.03. The molecule has 0 aliphatic heterocycles. The van der Waals surface area contributed by atoms with E-state index in [4.69, 9.17) is 29.9 Å². The molecular formula is C34H48N6O7Si. The van der Waals surface area contributed by atoms with Gasteiger partial charge in [0.15, 0.2) is 25.5 Å². The maximum absolute atomic E-state index is 15.1. The first-order chi connectivity index (χ1) is 22.6. The molecule has 0 bridgehead atoms. The smallest absolute Gasteiger partial charge is 0.265 e. The Bertz CT molecular complexity index is 1690. The van der Waals surface area contributed by atoms with Crippen molar-refractivity contribution in [3.05, 3.63) is 56.4 Å². The Balaban J connectivity index is 1.82. The van der Waals surface area contributed by atoms with Gasteiger partial charge >= 0.3 is 0 Å². The number of ether oxygens (including phenoxy) is 2. The van der Waals surface area contributed by atoms with Gasteiger partial charge in [0.1, 0.15) is 17.1 Å². The number of benzene rings is 1. The number of anilines is 1. The number of Topliss-reactive ketones (excluding diaryl/α,β-unsaturated/α-hetero) is 2. The Morgan fingerprint density at radius 2 is 1.81 bits per heavy atom. The van der Waals surface area contributed by atoms with Crippen molar-refractivity contribution in [2.24, 2.45) is 22.2 Å². The summed E-state index contributed by atoms with van der Waals surface area (Å²) < 4.78 is 24.7. The van der Waals surface area contributed by atoms with E-state index in [-0.39, 0.29) is 54.3 Å². The first-order valence-electron chi connectivity index (χ1n) is 16.8. The molecule has 5 N–H and O–H groups in total. The molecule has 0 saturated carbocycles. The first-order valence-corrected chi connectivity index (χ1v) is 19.7. The number of nitrogen functional groups attached to an aromatic ring is 1. The Morgan fingerprint density at radius 3 is 2.44 bits per heavy atom. The van der Waals surface area contributed by atoms with E-state index in [2.05, 4.69) is 15.2 Å². The average Bonchev–Trinajstić information content (AvgIpc) is 3.45. The number of fused-ring (bicyclic) bond motifs is 4. The summed E-state index contributed by atoms with van der Waals surface area (Å²) in [6.07, 6.45) is 3.40. The number of aliphatic hydroxyl groups is 1. The summed E-state index contributed by atoms with van der Waals surface area (Å²) in [6, 6.07) is 2.34. The maximum atomic E-state index is 15.1. The molecule has 1 aromatic heterocycles. The highest BCUT2D eigenvalue weighted by Gasteiger charge is 2.69. The van der Waals surface area contributed by atoms with E-state index in [1.165, 1.54) is 0 Å². The molecule has 1 aromatic carbocycles. The number of aliphatic hydroxyl groups excluding tert-OH is 1. The fraction of sp³-hybridized carbons (Fsp3) is 0.618. The van der Waals surface area contributed by atoms with Gasteiger partial charge in [0.25, 0.3) is 5.88 Å². The zero-order valence-corrected chi connectivity index (χ0v) is 30.0. The molecule has 1 heterocycles. The highest BCUT2D eigenvalue weighted by molar-refractivity contribution is 6.74. The van der Waals surface area contributed by atoms with E-state index in [0.717, 1.165) is 19.3 Å². The topological polar surface area (TPSA) is 209 Å². The first kappa shape index (κ1) is 35.5. The number of hydrogen-bond acceptors (Lipinski definition) is 11.